The number of amides is 1. The van der Waals surface area contributed by atoms with E-state index in [4.69, 9.17) is 9.15 Å². The Kier molecular flexibility index (Phi) is 4.67. The number of carbonyl (C=O) groups excluding carboxylic acids is 1. The van der Waals surface area contributed by atoms with Crippen LogP contribution < -0.4 is 10.1 Å². The highest BCUT2D eigenvalue weighted by molar-refractivity contribution is 6.03. The van der Waals surface area contributed by atoms with Gasteiger partial charge in [-0.2, -0.15) is 0 Å². The zero-order chi connectivity index (χ0) is 16.2. The Labute approximate surface area is 135 Å². The average molecular weight is 315 g/mol. The SMILES string of the molecule is Cc1ccoc1C(=O)Nc1ccc(OC2CCCCC2O)cc1. The zero-order valence-corrected chi connectivity index (χ0v) is 13.1. The fourth-order valence-electron chi connectivity index (χ4n) is 2.80. The molecule has 0 radical (unpaired) electrons. The molecule has 3 rings (SSSR count). The van der Waals surface area contributed by atoms with Crippen molar-refractivity contribution in [2.75, 3.05) is 5.32 Å². The van der Waals surface area contributed by atoms with Gasteiger partial charge in [-0.3, -0.25) is 4.79 Å². The summed E-state index contributed by atoms with van der Waals surface area (Å²) in [7, 11) is 0. The van der Waals surface area contributed by atoms with Crippen molar-refractivity contribution in [3.8, 4) is 5.75 Å². The second-order valence-electron chi connectivity index (χ2n) is 5.92. The highest BCUT2D eigenvalue weighted by Crippen LogP contribution is 2.25. The van der Waals surface area contributed by atoms with E-state index in [1.165, 1.54) is 6.26 Å². The number of hydrogen-bond donors (Lipinski definition) is 2. The molecule has 0 bridgehead atoms. The average Bonchev–Trinajstić information content (AvgIpc) is 2.98. The van der Waals surface area contributed by atoms with E-state index < -0.39 is 6.10 Å². The molecule has 1 fully saturated rings. The standard InChI is InChI=1S/C18H21NO4/c1-12-10-11-22-17(12)18(21)19-13-6-8-14(9-7-13)23-16-5-3-2-4-15(16)20/h6-11,15-16,20H,2-5H2,1H3,(H,19,21). The maximum absolute atomic E-state index is 12.1. The Balaban J connectivity index is 1.61. The van der Waals surface area contributed by atoms with E-state index in [-0.39, 0.29) is 12.0 Å². The molecule has 122 valence electrons. The van der Waals surface area contributed by atoms with Crippen LogP contribution in [0.1, 0.15) is 41.8 Å². The van der Waals surface area contributed by atoms with E-state index in [1.807, 2.05) is 6.92 Å². The Morgan fingerprint density at radius 1 is 1.22 bits per heavy atom. The first-order valence-corrected chi connectivity index (χ1v) is 7.94. The van der Waals surface area contributed by atoms with Crippen LogP contribution in [0.3, 0.4) is 0 Å². The van der Waals surface area contributed by atoms with E-state index in [2.05, 4.69) is 5.32 Å². The van der Waals surface area contributed by atoms with Gasteiger partial charge in [0.25, 0.3) is 5.91 Å². The molecule has 5 nitrogen and oxygen atoms in total. The van der Waals surface area contributed by atoms with Crippen molar-refractivity contribution in [3.63, 3.8) is 0 Å². The normalized spacial score (nSPS) is 21.0. The number of furan rings is 1. The molecule has 2 atom stereocenters. The quantitative estimate of drug-likeness (QED) is 0.905. The summed E-state index contributed by atoms with van der Waals surface area (Å²) >= 11 is 0. The summed E-state index contributed by atoms with van der Waals surface area (Å²) in [5.41, 5.74) is 1.47. The van der Waals surface area contributed by atoms with Gasteiger partial charge in [0, 0.05) is 11.3 Å². The van der Waals surface area contributed by atoms with Gasteiger partial charge in [-0.15, -0.1) is 0 Å². The van der Waals surface area contributed by atoms with Crippen LogP contribution in [0.5, 0.6) is 5.75 Å². The largest absolute Gasteiger partial charge is 0.488 e. The molecule has 2 N–H and O–H groups in total. The number of ether oxygens (including phenoxy) is 1. The first-order chi connectivity index (χ1) is 11.1. The molecule has 2 unspecified atom stereocenters. The highest BCUT2D eigenvalue weighted by Gasteiger charge is 2.24. The van der Waals surface area contributed by atoms with Crippen molar-refractivity contribution in [1.29, 1.82) is 0 Å². The summed E-state index contributed by atoms with van der Waals surface area (Å²) in [5.74, 6) is 0.739. The minimum absolute atomic E-state index is 0.144. The van der Waals surface area contributed by atoms with Gasteiger partial charge in [0.2, 0.25) is 0 Å². The van der Waals surface area contributed by atoms with Crippen molar-refractivity contribution in [1.82, 2.24) is 0 Å². The molecule has 0 saturated heterocycles. The predicted molar refractivity (Wildman–Crippen MR) is 86.7 cm³/mol. The molecule has 1 amide bonds. The van der Waals surface area contributed by atoms with Crippen molar-refractivity contribution in [2.45, 2.75) is 44.8 Å². The molecule has 1 heterocycles. The van der Waals surface area contributed by atoms with Crippen LogP contribution in [0.25, 0.3) is 0 Å². The van der Waals surface area contributed by atoms with Crippen LogP contribution in [0.4, 0.5) is 5.69 Å². The van der Waals surface area contributed by atoms with Crippen molar-refractivity contribution in [3.05, 3.63) is 47.9 Å². The third-order valence-corrected chi connectivity index (χ3v) is 4.14. The van der Waals surface area contributed by atoms with Crippen LogP contribution in [0.15, 0.2) is 41.0 Å². The molecule has 1 aliphatic carbocycles. The second-order valence-corrected chi connectivity index (χ2v) is 5.92. The smallest absolute Gasteiger partial charge is 0.291 e. The lowest BCUT2D eigenvalue weighted by Crippen LogP contribution is -2.34. The maximum atomic E-state index is 12.1. The molecule has 2 aromatic rings. The van der Waals surface area contributed by atoms with Crippen LogP contribution in [0, 0.1) is 6.92 Å². The summed E-state index contributed by atoms with van der Waals surface area (Å²) in [6.45, 7) is 1.82. The van der Waals surface area contributed by atoms with Gasteiger partial charge in [-0.05, 0) is 56.5 Å². The summed E-state index contributed by atoms with van der Waals surface area (Å²) in [5, 5.41) is 12.7. The van der Waals surface area contributed by atoms with Crippen molar-refractivity contribution >= 4 is 11.6 Å². The fraction of sp³-hybridized carbons (Fsp3) is 0.389. The fourth-order valence-corrected chi connectivity index (χ4v) is 2.80. The lowest BCUT2D eigenvalue weighted by atomic mass is 9.95. The molecule has 1 aromatic heterocycles. The Morgan fingerprint density at radius 3 is 2.61 bits per heavy atom. The first-order valence-electron chi connectivity index (χ1n) is 7.94. The van der Waals surface area contributed by atoms with Crippen LogP contribution in [0.2, 0.25) is 0 Å². The first kappa shape index (κ1) is 15.6. The monoisotopic (exact) mass is 315 g/mol. The molecular formula is C18H21NO4. The van der Waals surface area contributed by atoms with E-state index in [1.54, 1.807) is 30.3 Å². The molecule has 23 heavy (non-hydrogen) atoms. The van der Waals surface area contributed by atoms with E-state index in [0.29, 0.717) is 17.2 Å². The third-order valence-electron chi connectivity index (χ3n) is 4.14. The van der Waals surface area contributed by atoms with Gasteiger partial charge < -0.3 is 19.6 Å². The van der Waals surface area contributed by atoms with Gasteiger partial charge in [0.15, 0.2) is 5.76 Å². The van der Waals surface area contributed by atoms with Crippen LogP contribution >= 0.6 is 0 Å². The number of nitrogens with one attached hydrogen (secondary N) is 1. The Morgan fingerprint density at radius 2 is 1.96 bits per heavy atom. The molecule has 1 saturated carbocycles. The molecule has 0 spiro atoms. The molecular weight excluding hydrogens is 294 g/mol. The minimum Gasteiger partial charge on any atom is -0.488 e. The van der Waals surface area contributed by atoms with Gasteiger partial charge in [0.05, 0.1) is 12.4 Å². The van der Waals surface area contributed by atoms with Gasteiger partial charge in [-0.25, -0.2) is 0 Å². The maximum Gasteiger partial charge on any atom is 0.291 e. The number of carbonyl (C=O) groups is 1. The third kappa shape index (κ3) is 3.74. The molecule has 5 heteroatoms. The lowest BCUT2D eigenvalue weighted by Gasteiger charge is -2.28. The zero-order valence-electron chi connectivity index (χ0n) is 13.1. The van der Waals surface area contributed by atoms with Crippen molar-refractivity contribution < 1.29 is 19.1 Å². The van der Waals surface area contributed by atoms with Gasteiger partial charge >= 0.3 is 0 Å². The number of rotatable bonds is 4. The molecule has 0 aliphatic heterocycles. The summed E-state index contributed by atoms with van der Waals surface area (Å²) < 4.78 is 11.0. The number of anilines is 1. The topological polar surface area (TPSA) is 71.7 Å². The number of benzene rings is 1. The second kappa shape index (κ2) is 6.87. The number of aryl methyl sites for hydroxylation is 1. The van der Waals surface area contributed by atoms with Gasteiger partial charge in [0.1, 0.15) is 11.9 Å². The summed E-state index contributed by atoms with van der Waals surface area (Å²) in [6, 6.07) is 8.90. The van der Waals surface area contributed by atoms with E-state index in [0.717, 1.165) is 31.2 Å². The highest BCUT2D eigenvalue weighted by atomic mass is 16.5. The van der Waals surface area contributed by atoms with E-state index in [9.17, 15) is 9.90 Å². The number of hydrogen-bond acceptors (Lipinski definition) is 4. The summed E-state index contributed by atoms with van der Waals surface area (Å²) in [6.07, 6.45) is 4.76. The van der Waals surface area contributed by atoms with Crippen molar-refractivity contribution in [2.24, 2.45) is 0 Å². The molecule has 1 aromatic carbocycles. The van der Waals surface area contributed by atoms with E-state index >= 15 is 0 Å². The Hall–Kier alpha value is -2.27. The summed E-state index contributed by atoms with van der Waals surface area (Å²) in [4.78, 5) is 12.1. The molecule has 1 aliphatic rings. The van der Waals surface area contributed by atoms with Crippen LogP contribution in [-0.4, -0.2) is 23.2 Å². The number of aliphatic hydroxyl groups is 1. The lowest BCUT2D eigenvalue weighted by molar-refractivity contribution is 0.00688. The van der Waals surface area contributed by atoms with Gasteiger partial charge in [-0.1, -0.05) is 6.42 Å². The van der Waals surface area contributed by atoms with Crippen LogP contribution in [-0.2, 0) is 0 Å². The minimum atomic E-state index is -0.398. The number of aliphatic hydroxyl groups excluding tert-OH is 1. The predicted octanol–water partition coefficient (Wildman–Crippen LogP) is 3.52. The Bertz CT molecular complexity index is 662.